The van der Waals surface area contributed by atoms with Crippen LogP contribution in [0.5, 0.6) is 0 Å². The van der Waals surface area contributed by atoms with E-state index in [1.165, 1.54) is 0 Å². The smallest absolute Gasteiger partial charge is 0.254 e. The number of likely N-dealkylation sites (N-methyl/N-ethyl adjacent to an activating group) is 1. The molecule has 1 saturated heterocycles. The molecule has 0 aliphatic carbocycles. The van der Waals surface area contributed by atoms with E-state index in [2.05, 4.69) is 37.3 Å². The Balaban J connectivity index is 1.41. The minimum atomic E-state index is 0.0859. The number of amides is 1. The highest BCUT2D eigenvalue weighted by atomic mass is 16.2. The first-order chi connectivity index (χ1) is 15.1. The van der Waals surface area contributed by atoms with Gasteiger partial charge in [-0.05, 0) is 32.2 Å². The lowest BCUT2D eigenvalue weighted by atomic mass is 10.1. The lowest BCUT2D eigenvalue weighted by molar-refractivity contribution is 0.0664. The van der Waals surface area contributed by atoms with Crippen LogP contribution in [0, 0.1) is 6.92 Å². The van der Waals surface area contributed by atoms with Crippen LogP contribution in [0.3, 0.4) is 0 Å². The Hall–Kier alpha value is -3.59. The fraction of sp³-hybridized carbons (Fsp3) is 0.318. The van der Waals surface area contributed by atoms with Crippen LogP contribution < -0.4 is 10.2 Å². The zero-order chi connectivity index (χ0) is 21.4. The molecule has 2 aromatic heterocycles. The zero-order valence-corrected chi connectivity index (χ0v) is 17.7. The second kappa shape index (κ2) is 7.92. The summed E-state index contributed by atoms with van der Waals surface area (Å²) in [5.41, 5.74) is 2.64. The van der Waals surface area contributed by atoms with Crippen molar-refractivity contribution in [3.05, 3.63) is 66.0 Å². The van der Waals surface area contributed by atoms with E-state index in [1.54, 1.807) is 6.20 Å². The summed E-state index contributed by atoms with van der Waals surface area (Å²) < 4.78 is 2.01. The van der Waals surface area contributed by atoms with Crippen LogP contribution in [0.4, 0.5) is 11.5 Å². The molecule has 2 N–H and O–H groups in total. The lowest BCUT2D eigenvalue weighted by Crippen LogP contribution is -2.47. The predicted octanol–water partition coefficient (Wildman–Crippen LogP) is 2.19. The van der Waals surface area contributed by atoms with Gasteiger partial charge in [0.2, 0.25) is 0 Å². The first kappa shape index (κ1) is 19.4. The molecule has 0 saturated carbocycles. The van der Waals surface area contributed by atoms with E-state index in [0.717, 1.165) is 55.0 Å². The largest absolute Gasteiger partial charge is 0.337 e. The molecule has 4 heterocycles. The van der Waals surface area contributed by atoms with Crippen molar-refractivity contribution in [3.63, 3.8) is 0 Å². The van der Waals surface area contributed by atoms with Gasteiger partial charge in [0, 0.05) is 67.8 Å². The van der Waals surface area contributed by atoms with Crippen LogP contribution in [0.1, 0.15) is 21.9 Å². The minimum Gasteiger partial charge on any atom is -0.337 e. The van der Waals surface area contributed by atoms with Gasteiger partial charge in [-0.2, -0.15) is 5.10 Å². The SMILES string of the molecule is Cc1cc(NC2=CN(c3cccc(C(=O)N4CCN(C)CC4)c3)Cc3nccn32)n[nH]1. The molecule has 2 aliphatic rings. The Morgan fingerprint density at radius 1 is 1.16 bits per heavy atom. The van der Waals surface area contributed by atoms with Crippen LogP contribution in [0.2, 0.25) is 0 Å². The van der Waals surface area contributed by atoms with Crippen molar-refractivity contribution in [2.75, 3.05) is 43.4 Å². The third kappa shape index (κ3) is 3.91. The molecule has 0 bridgehead atoms. The summed E-state index contributed by atoms with van der Waals surface area (Å²) in [7, 11) is 2.09. The van der Waals surface area contributed by atoms with Gasteiger partial charge < -0.3 is 20.0 Å². The number of aryl methyl sites for hydroxylation is 1. The number of carbonyl (C=O) groups is 1. The normalized spacial score (nSPS) is 16.8. The van der Waals surface area contributed by atoms with E-state index in [-0.39, 0.29) is 5.91 Å². The second-order valence-corrected chi connectivity index (χ2v) is 8.06. The van der Waals surface area contributed by atoms with Gasteiger partial charge in [-0.15, -0.1) is 0 Å². The molecule has 9 nitrogen and oxygen atoms in total. The molecule has 0 atom stereocenters. The number of piperazine rings is 1. The number of nitrogens with one attached hydrogen (secondary N) is 2. The average Bonchev–Trinajstić information content (AvgIpc) is 3.42. The van der Waals surface area contributed by atoms with Gasteiger partial charge in [-0.1, -0.05) is 6.07 Å². The van der Waals surface area contributed by atoms with E-state index >= 15 is 0 Å². The number of anilines is 2. The molecule has 0 radical (unpaired) electrons. The van der Waals surface area contributed by atoms with Crippen molar-refractivity contribution < 1.29 is 4.79 Å². The van der Waals surface area contributed by atoms with E-state index in [1.807, 2.05) is 59.1 Å². The molecule has 1 fully saturated rings. The van der Waals surface area contributed by atoms with Crippen molar-refractivity contribution in [1.29, 1.82) is 0 Å². The maximum absolute atomic E-state index is 13.0. The molecular weight excluding hydrogens is 392 g/mol. The number of imidazole rings is 1. The molecule has 3 aromatic rings. The highest BCUT2D eigenvalue weighted by Crippen LogP contribution is 2.26. The summed E-state index contributed by atoms with van der Waals surface area (Å²) in [6.07, 6.45) is 5.74. The molecule has 9 heteroatoms. The Morgan fingerprint density at radius 2 is 2.00 bits per heavy atom. The van der Waals surface area contributed by atoms with Crippen molar-refractivity contribution in [2.45, 2.75) is 13.5 Å². The number of aromatic nitrogens is 4. The van der Waals surface area contributed by atoms with E-state index in [4.69, 9.17) is 0 Å². The molecule has 31 heavy (non-hydrogen) atoms. The summed E-state index contributed by atoms with van der Waals surface area (Å²) in [5, 5.41) is 10.6. The second-order valence-electron chi connectivity index (χ2n) is 8.06. The number of hydrogen-bond acceptors (Lipinski definition) is 6. The number of aromatic amines is 1. The topological polar surface area (TPSA) is 85.3 Å². The predicted molar refractivity (Wildman–Crippen MR) is 119 cm³/mol. The van der Waals surface area contributed by atoms with Crippen molar-refractivity contribution in [3.8, 4) is 0 Å². The van der Waals surface area contributed by atoms with Crippen LogP contribution in [0.25, 0.3) is 5.82 Å². The molecule has 5 rings (SSSR count). The van der Waals surface area contributed by atoms with Crippen LogP contribution in [-0.4, -0.2) is 68.7 Å². The molecule has 0 unspecified atom stereocenters. The highest BCUT2D eigenvalue weighted by molar-refractivity contribution is 5.95. The number of H-pyrrole nitrogens is 1. The van der Waals surface area contributed by atoms with Gasteiger partial charge in [0.05, 0.1) is 6.54 Å². The van der Waals surface area contributed by atoms with Crippen molar-refractivity contribution in [2.24, 2.45) is 0 Å². The first-order valence-electron chi connectivity index (χ1n) is 10.4. The maximum Gasteiger partial charge on any atom is 0.254 e. The Bertz CT molecular complexity index is 1120. The Kier molecular flexibility index (Phi) is 4.95. The van der Waals surface area contributed by atoms with Gasteiger partial charge >= 0.3 is 0 Å². The summed E-state index contributed by atoms with van der Waals surface area (Å²) in [6, 6.07) is 9.77. The summed E-state index contributed by atoms with van der Waals surface area (Å²) in [5.74, 6) is 2.58. The minimum absolute atomic E-state index is 0.0859. The van der Waals surface area contributed by atoms with Crippen LogP contribution in [-0.2, 0) is 6.54 Å². The first-order valence-corrected chi connectivity index (χ1v) is 10.4. The number of nitrogens with zero attached hydrogens (tertiary/aromatic N) is 6. The van der Waals surface area contributed by atoms with Gasteiger partial charge in [-0.25, -0.2) is 4.98 Å². The monoisotopic (exact) mass is 418 g/mol. The van der Waals surface area contributed by atoms with Crippen LogP contribution in [0.15, 0.2) is 48.9 Å². The van der Waals surface area contributed by atoms with E-state index in [0.29, 0.717) is 12.1 Å². The average molecular weight is 419 g/mol. The quantitative estimate of drug-likeness (QED) is 0.676. The fourth-order valence-electron chi connectivity index (χ4n) is 3.96. The van der Waals surface area contributed by atoms with Crippen molar-refractivity contribution in [1.82, 2.24) is 29.5 Å². The summed E-state index contributed by atoms with van der Waals surface area (Å²) >= 11 is 0. The number of hydrogen-bond donors (Lipinski definition) is 2. The summed E-state index contributed by atoms with van der Waals surface area (Å²) in [6.45, 7) is 5.92. The van der Waals surface area contributed by atoms with Gasteiger partial charge in [0.1, 0.15) is 11.6 Å². The van der Waals surface area contributed by atoms with E-state index < -0.39 is 0 Å². The molecule has 1 amide bonds. The Morgan fingerprint density at radius 3 is 2.77 bits per heavy atom. The molecule has 1 aromatic carbocycles. The number of rotatable bonds is 4. The van der Waals surface area contributed by atoms with E-state index in [9.17, 15) is 4.79 Å². The Labute approximate surface area is 181 Å². The standard InChI is InChI=1S/C22H26N8O/c1-16-12-19(26-25-16)24-21-15-29(14-20-23-6-7-30(20)21)18-5-3-4-17(13-18)22(31)28-10-8-27(2)9-11-28/h3-7,12-13,15H,8-11,14H2,1-2H3,(H2,24,25,26). The zero-order valence-electron chi connectivity index (χ0n) is 17.7. The number of fused-ring (bicyclic) bond motifs is 1. The molecule has 160 valence electrons. The molecular formula is C22H26N8O. The summed E-state index contributed by atoms with van der Waals surface area (Å²) in [4.78, 5) is 23.8. The van der Waals surface area contributed by atoms with Gasteiger partial charge in [0.25, 0.3) is 5.91 Å². The number of carbonyl (C=O) groups excluding carboxylic acids is 1. The maximum atomic E-state index is 13.0. The third-order valence-corrected chi connectivity index (χ3v) is 5.74. The van der Waals surface area contributed by atoms with Crippen molar-refractivity contribution >= 4 is 23.2 Å². The molecule has 0 spiro atoms. The fourth-order valence-corrected chi connectivity index (χ4v) is 3.96. The number of benzene rings is 1. The van der Waals surface area contributed by atoms with Gasteiger partial charge in [-0.3, -0.25) is 14.5 Å². The van der Waals surface area contributed by atoms with Gasteiger partial charge in [0.15, 0.2) is 5.82 Å². The third-order valence-electron chi connectivity index (χ3n) is 5.74. The highest BCUT2D eigenvalue weighted by Gasteiger charge is 2.23. The van der Waals surface area contributed by atoms with Crippen LogP contribution >= 0.6 is 0 Å². The molecule has 2 aliphatic heterocycles. The lowest BCUT2D eigenvalue weighted by Gasteiger charge is -2.33.